The third-order valence-electron chi connectivity index (χ3n) is 3.85. The number of halogens is 1. The highest BCUT2D eigenvalue weighted by Gasteiger charge is 2.20. The minimum atomic E-state index is -0.526. The van der Waals surface area contributed by atoms with Crippen molar-refractivity contribution in [2.45, 2.75) is 17.9 Å². The highest BCUT2D eigenvalue weighted by Crippen LogP contribution is 2.39. The Hall–Kier alpha value is -2.56. The Balaban J connectivity index is 2.01. The van der Waals surface area contributed by atoms with Gasteiger partial charge in [0.05, 0.1) is 28.8 Å². The fourth-order valence-electron chi connectivity index (χ4n) is 2.45. The molecule has 0 aromatic heterocycles. The van der Waals surface area contributed by atoms with E-state index in [1.165, 1.54) is 18.0 Å². The van der Waals surface area contributed by atoms with Crippen LogP contribution in [0.1, 0.15) is 12.5 Å². The number of fused-ring (bicyclic) bond motifs is 1. The van der Waals surface area contributed by atoms with E-state index in [1.807, 2.05) is 31.2 Å². The van der Waals surface area contributed by atoms with Gasteiger partial charge in [-0.15, -0.1) is 0 Å². The quantitative estimate of drug-likeness (QED) is 0.816. The van der Waals surface area contributed by atoms with Crippen molar-refractivity contribution < 1.29 is 9.13 Å². The lowest BCUT2D eigenvalue weighted by molar-refractivity contribution is 0.125. The zero-order chi connectivity index (χ0) is 17.8. The van der Waals surface area contributed by atoms with Gasteiger partial charge in [-0.2, -0.15) is 5.26 Å². The molecule has 3 rings (SSSR count). The predicted octanol–water partition coefficient (Wildman–Crippen LogP) is 3.78. The molecule has 0 aliphatic carbocycles. The molecule has 0 spiro atoms. The van der Waals surface area contributed by atoms with E-state index in [4.69, 9.17) is 4.74 Å². The van der Waals surface area contributed by atoms with Gasteiger partial charge in [0, 0.05) is 18.2 Å². The molecule has 7 heteroatoms. The first-order valence-electron chi connectivity index (χ1n) is 7.73. The highest BCUT2D eigenvalue weighted by atomic mass is 32.2. The molecule has 2 aromatic rings. The van der Waals surface area contributed by atoms with E-state index in [1.54, 1.807) is 19.2 Å². The summed E-state index contributed by atoms with van der Waals surface area (Å²) in [6, 6.07) is 12.3. The summed E-state index contributed by atoms with van der Waals surface area (Å²) < 4.78 is 22.3. The van der Waals surface area contributed by atoms with E-state index in [0.717, 1.165) is 16.1 Å². The zero-order valence-corrected chi connectivity index (χ0v) is 14.7. The second kappa shape index (κ2) is 7.55. The minimum Gasteiger partial charge on any atom is -0.380 e. The van der Waals surface area contributed by atoms with Crippen LogP contribution in [0.5, 0.6) is 0 Å². The van der Waals surface area contributed by atoms with Crippen molar-refractivity contribution in [2.24, 2.45) is 4.99 Å². The molecule has 25 heavy (non-hydrogen) atoms. The third kappa shape index (κ3) is 3.60. The SMILES string of the molecule is COC(C)CN=C1NSc2cccc(-c3cccc(F)c3C#N)c2N1. The lowest BCUT2D eigenvalue weighted by atomic mass is 9.98. The Morgan fingerprint density at radius 2 is 2.04 bits per heavy atom. The Kier molecular flexibility index (Phi) is 5.22. The van der Waals surface area contributed by atoms with Crippen molar-refractivity contribution in [1.29, 1.82) is 5.26 Å². The fraction of sp³-hybridized carbons (Fsp3) is 0.222. The van der Waals surface area contributed by atoms with Crippen LogP contribution in [0.15, 0.2) is 46.3 Å². The number of nitrogens with one attached hydrogen (secondary N) is 2. The van der Waals surface area contributed by atoms with Crippen LogP contribution >= 0.6 is 11.9 Å². The number of nitriles is 1. The van der Waals surface area contributed by atoms with Crippen LogP contribution in [-0.4, -0.2) is 25.7 Å². The van der Waals surface area contributed by atoms with Gasteiger partial charge >= 0.3 is 0 Å². The molecule has 2 aromatic carbocycles. The topological polar surface area (TPSA) is 69.4 Å². The average Bonchev–Trinajstić information content (AvgIpc) is 2.65. The maximum Gasteiger partial charge on any atom is 0.206 e. The van der Waals surface area contributed by atoms with Gasteiger partial charge in [-0.05, 0) is 31.0 Å². The lowest BCUT2D eigenvalue weighted by Crippen LogP contribution is -2.30. The summed E-state index contributed by atoms with van der Waals surface area (Å²) >= 11 is 1.42. The molecular weight excluding hydrogens is 339 g/mol. The van der Waals surface area contributed by atoms with Crippen LogP contribution in [0.25, 0.3) is 11.1 Å². The summed E-state index contributed by atoms with van der Waals surface area (Å²) in [5.41, 5.74) is 2.15. The molecule has 2 N–H and O–H groups in total. The summed E-state index contributed by atoms with van der Waals surface area (Å²) in [4.78, 5) is 5.41. The van der Waals surface area contributed by atoms with Gasteiger partial charge < -0.3 is 10.1 Å². The number of aliphatic imine (C=N–C) groups is 1. The largest absolute Gasteiger partial charge is 0.380 e. The Morgan fingerprint density at radius 3 is 2.80 bits per heavy atom. The molecule has 1 atom stereocenters. The van der Waals surface area contributed by atoms with Crippen LogP contribution in [0.4, 0.5) is 10.1 Å². The predicted molar refractivity (Wildman–Crippen MR) is 97.9 cm³/mol. The number of rotatable bonds is 4. The van der Waals surface area contributed by atoms with Crippen molar-refractivity contribution in [2.75, 3.05) is 19.0 Å². The summed E-state index contributed by atoms with van der Waals surface area (Å²) in [5.74, 6) is 0.0748. The van der Waals surface area contributed by atoms with Gasteiger partial charge in [-0.3, -0.25) is 4.72 Å². The number of methoxy groups -OCH3 is 1. The summed E-state index contributed by atoms with van der Waals surface area (Å²) in [7, 11) is 1.64. The molecule has 1 aliphatic rings. The van der Waals surface area contributed by atoms with Crippen LogP contribution in [-0.2, 0) is 4.74 Å². The van der Waals surface area contributed by atoms with Crippen molar-refractivity contribution in [3.8, 4) is 17.2 Å². The van der Waals surface area contributed by atoms with Gasteiger partial charge in [-0.1, -0.05) is 24.3 Å². The van der Waals surface area contributed by atoms with E-state index >= 15 is 0 Å². The molecule has 128 valence electrons. The maximum atomic E-state index is 14.0. The van der Waals surface area contributed by atoms with Crippen molar-refractivity contribution in [3.05, 3.63) is 47.8 Å². The van der Waals surface area contributed by atoms with Crippen LogP contribution in [0, 0.1) is 17.1 Å². The van der Waals surface area contributed by atoms with Gasteiger partial charge in [0.2, 0.25) is 5.96 Å². The summed E-state index contributed by atoms with van der Waals surface area (Å²) in [5, 5.41) is 12.6. The number of guanidine groups is 1. The van der Waals surface area contributed by atoms with Crippen LogP contribution in [0.3, 0.4) is 0 Å². The average molecular weight is 356 g/mol. The summed E-state index contributed by atoms with van der Waals surface area (Å²) in [6.07, 6.45) is 0.00570. The van der Waals surface area contributed by atoms with Crippen LogP contribution in [0.2, 0.25) is 0 Å². The number of anilines is 1. The number of para-hydroxylation sites is 1. The summed E-state index contributed by atoms with van der Waals surface area (Å²) in [6.45, 7) is 2.44. The van der Waals surface area contributed by atoms with Gasteiger partial charge in [-0.25, -0.2) is 9.38 Å². The molecule has 0 fully saturated rings. The normalized spacial score (nSPS) is 15.7. The molecule has 1 aliphatic heterocycles. The molecule has 0 bridgehead atoms. The van der Waals surface area contributed by atoms with E-state index in [2.05, 4.69) is 15.0 Å². The zero-order valence-electron chi connectivity index (χ0n) is 13.8. The Labute approximate surface area is 150 Å². The Morgan fingerprint density at radius 1 is 1.28 bits per heavy atom. The number of hydrogen-bond donors (Lipinski definition) is 2. The van der Waals surface area contributed by atoms with E-state index in [0.29, 0.717) is 18.1 Å². The monoisotopic (exact) mass is 356 g/mol. The third-order valence-corrected chi connectivity index (χ3v) is 4.71. The van der Waals surface area contributed by atoms with Gasteiger partial charge in [0.15, 0.2) is 0 Å². The standard InChI is InChI=1S/C18H17FN4OS/c1-11(24-2)10-21-18-22-17-13(6-4-8-16(17)25-23-18)12-5-3-7-15(19)14(12)9-20/h3-8,11H,10H2,1-2H3,(H2,21,22,23). The lowest BCUT2D eigenvalue weighted by Gasteiger charge is -2.23. The van der Waals surface area contributed by atoms with E-state index in [9.17, 15) is 9.65 Å². The van der Waals surface area contributed by atoms with Crippen molar-refractivity contribution in [1.82, 2.24) is 4.72 Å². The highest BCUT2D eigenvalue weighted by molar-refractivity contribution is 7.98. The maximum absolute atomic E-state index is 14.0. The second-order valence-corrected chi connectivity index (χ2v) is 6.37. The van der Waals surface area contributed by atoms with Gasteiger partial charge in [0.25, 0.3) is 0 Å². The Bertz CT molecular complexity index is 863. The smallest absolute Gasteiger partial charge is 0.206 e. The van der Waals surface area contributed by atoms with E-state index in [-0.39, 0.29) is 11.7 Å². The molecular formula is C18H17FN4OS. The molecule has 1 heterocycles. The molecule has 0 radical (unpaired) electrons. The number of hydrogen-bond acceptors (Lipinski definition) is 4. The number of nitrogens with zero attached hydrogens (tertiary/aromatic N) is 2. The second-order valence-electron chi connectivity index (χ2n) is 5.52. The van der Waals surface area contributed by atoms with Gasteiger partial charge in [0.1, 0.15) is 11.9 Å². The minimum absolute atomic E-state index is 0.00570. The van der Waals surface area contributed by atoms with Crippen molar-refractivity contribution in [3.63, 3.8) is 0 Å². The van der Waals surface area contributed by atoms with E-state index < -0.39 is 5.82 Å². The van der Waals surface area contributed by atoms with Crippen LogP contribution < -0.4 is 10.0 Å². The molecule has 5 nitrogen and oxygen atoms in total. The fourth-order valence-corrected chi connectivity index (χ4v) is 3.18. The first kappa shape index (κ1) is 17.3. The molecule has 1 unspecified atom stereocenters. The molecule has 0 saturated heterocycles. The molecule has 0 amide bonds. The first-order valence-corrected chi connectivity index (χ1v) is 8.54. The number of benzene rings is 2. The number of ether oxygens (including phenoxy) is 1. The van der Waals surface area contributed by atoms with Crippen molar-refractivity contribution >= 4 is 23.6 Å². The molecule has 0 saturated carbocycles. The first-order chi connectivity index (χ1) is 12.1.